The van der Waals surface area contributed by atoms with E-state index in [0.29, 0.717) is 5.66 Å². The van der Waals surface area contributed by atoms with Crippen LogP contribution in [0.3, 0.4) is 0 Å². The van der Waals surface area contributed by atoms with Crippen molar-refractivity contribution in [2.45, 2.75) is 19.5 Å². The maximum atomic E-state index is 3.42. The van der Waals surface area contributed by atoms with Gasteiger partial charge in [-0.2, -0.15) is 0 Å². The molecule has 0 saturated heterocycles. The fraction of sp³-hybridized carbons (Fsp3) is 0.125. The Morgan fingerprint density at radius 3 is 1.85 bits per heavy atom. The molecular formula is C24H23BP. The zero-order chi connectivity index (χ0) is 17.5. The summed E-state index contributed by atoms with van der Waals surface area (Å²) in [7, 11) is -0.321. The Bertz CT molecular complexity index is 846. The van der Waals surface area contributed by atoms with Gasteiger partial charge < -0.3 is 0 Å². The Labute approximate surface area is 160 Å². The second-order valence-electron chi connectivity index (χ2n) is 6.26. The van der Waals surface area contributed by atoms with Crippen LogP contribution in [0.2, 0.25) is 0 Å². The topological polar surface area (TPSA) is 0 Å². The molecule has 2 heteroatoms. The van der Waals surface area contributed by atoms with Gasteiger partial charge in [-0.15, -0.1) is 5.73 Å². The lowest BCUT2D eigenvalue weighted by atomic mass is 10.0. The summed E-state index contributed by atoms with van der Waals surface area (Å²) in [5, 5.41) is 1.41. The third-order valence-corrected chi connectivity index (χ3v) is 6.53. The first-order chi connectivity index (χ1) is 12.2. The van der Waals surface area contributed by atoms with Crippen molar-refractivity contribution in [3.05, 3.63) is 102 Å². The van der Waals surface area contributed by atoms with Gasteiger partial charge in [0.15, 0.2) is 0 Å². The van der Waals surface area contributed by atoms with E-state index in [9.17, 15) is 0 Å². The molecule has 0 aliphatic rings. The molecule has 0 bridgehead atoms. The molecule has 0 N–H and O–H groups in total. The van der Waals surface area contributed by atoms with E-state index in [2.05, 4.69) is 110 Å². The highest BCUT2D eigenvalue weighted by Crippen LogP contribution is 2.41. The first kappa shape index (κ1) is 20.0. The monoisotopic (exact) mass is 353 g/mol. The molecule has 0 saturated carbocycles. The van der Waals surface area contributed by atoms with Crippen molar-refractivity contribution in [1.29, 1.82) is 0 Å². The molecule has 127 valence electrons. The SMILES string of the molecule is CC(C)P(C=C=Cc1ccc(-c2ccccc2)cc1)c1ccccc1.[B]. The Hall–Kier alpha value is -2.33. The standard InChI is InChI=1S/C24H23P.B/c1-20(2)25(24-13-7-4-8-14-24)19-9-10-21-15-17-23(18-16-21)22-11-5-3-6-12-22;/h3-8,10-20H,1-2H3;. The Morgan fingerprint density at radius 1 is 0.731 bits per heavy atom. The van der Waals surface area contributed by atoms with E-state index in [1.54, 1.807) is 0 Å². The summed E-state index contributed by atoms with van der Waals surface area (Å²) < 4.78 is 0. The number of rotatable bonds is 5. The molecule has 3 rings (SSSR count). The largest absolute Gasteiger partial charge is 0.119 e. The fourth-order valence-electron chi connectivity index (χ4n) is 2.74. The minimum atomic E-state index is -0.321. The van der Waals surface area contributed by atoms with Crippen LogP contribution in [0.1, 0.15) is 19.4 Å². The van der Waals surface area contributed by atoms with E-state index in [1.807, 2.05) is 6.07 Å². The van der Waals surface area contributed by atoms with Crippen molar-refractivity contribution >= 4 is 27.7 Å². The molecule has 0 aromatic heterocycles. The third kappa shape index (κ3) is 5.33. The molecule has 0 nitrogen and oxygen atoms in total. The summed E-state index contributed by atoms with van der Waals surface area (Å²) in [5.41, 5.74) is 7.71. The van der Waals surface area contributed by atoms with E-state index < -0.39 is 0 Å². The van der Waals surface area contributed by atoms with Crippen molar-refractivity contribution in [2.75, 3.05) is 0 Å². The molecule has 0 aliphatic carbocycles. The van der Waals surface area contributed by atoms with Crippen molar-refractivity contribution in [3.8, 4) is 11.1 Å². The van der Waals surface area contributed by atoms with Crippen LogP contribution in [0.25, 0.3) is 17.2 Å². The van der Waals surface area contributed by atoms with Crippen molar-refractivity contribution in [1.82, 2.24) is 0 Å². The van der Waals surface area contributed by atoms with Gasteiger partial charge in [-0.05, 0) is 47.5 Å². The summed E-state index contributed by atoms with van der Waals surface area (Å²) in [5.74, 6) is 2.25. The average molecular weight is 353 g/mol. The molecule has 3 radical (unpaired) electrons. The van der Waals surface area contributed by atoms with Crippen LogP contribution in [-0.4, -0.2) is 14.1 Å². The highest BCUT2D eigenvalue weighted by molar-refractivity contribution is 7.69. The first-order valence-corrected chi connectivity index (χ1v) is 10.1. The molecule has 3 aromatic rings. The first-order valence-electron chi connectivity index (χ1n) is 8.65. The summed E-state index contributed by atoms with van der Waals surface area (Å²) in [4.78, 5) is 0. The van der Waals surface area contributed by atoms with Crippen LogP contribution in [0.4, 0.5) is 0 Å². The van der Waals surface area contributed by atoms with Gasteiger partial charge in [-0.3, -0.25) is 0 Å². The quantitative estimate of drug-likeness (QED) is 0.286. The van der Waals surface area contributed by atoms with Crippen molar-refractivity contribution < 1.29 is 0 Å². The zero-order valence-electron chi connectivity index (χ0n) is 15.3. The molecule has 26 heavy (non-hydrogen) atoms. The lowest BCUT2D eigenvalue weighted by Gasteiger charge is -2.16. The van der Waals surface area contributed by atoms with Gasteiger partial charge >= 0.3 is 0 Å². The summed E-state index contributed by atoms with van der Waals surface area (Å²) in [6.07, 6.45) is 2.08. The second-order valence-corrected chi connectivity index (χ2v) is 8.89. The van der Waals surface area contributed by atoms with E-state index in [1.165, 1.54) is 22.0 Å². The maximum absolute atomic E-state index is 3.42. The van der Waals surface area contributed by atoms with Gasteiger partial charge in [0.05, 0.1) is 0 Å². The zero-order valence-corrected chi connectivity index (χ0v) is 16.2. The predicted molar refractivity (Wildman–Crippen MR) is 118 cm³/mol. The van der Waals surface area contributed by atoms with Crippen LogP contribution >= 0.6 is 7.92 Å². The van der Waals surface area contributed by atoms with Gasteiger partial charge in [0, 0.05) is 8.41 Å². The highest BCUT2D eigenvalue weighted by Gasteiger charge is 2.10. The molecular weight excluding hydrogens is 330 g/mol. The molecule has 3 aromatic carbocycles. The molecule has 1 unspecified atom stereocenters. The Balaban J connectivity index is 0.00000243. The lowest BCUT2D eigenvalue weighted by molar-refractivity contribution is 1.10. The van der Waals surface area contributed by atoms with Crippen LogP contribution in [0, 0.1) is 0 Å². The maximum Gasteiger partial charge on any atom is 0 e. The molecule has 1 atom stereocenters. The van der Waals surface area contributed by atoms with E-state index in [0.717, 1.165) is 0 Å². The third-order valence-electron chi connectivity index (χ3n) is 4.09. The lowest BCUT2D eigenvalue weighted by Crippen LogP contribution is -2.05. The predicted octanol–water partition coefficient (Wildman–Crippen LogP) is 6.31. The van der Waals surface area contributed by atoms with Crippen LogP contribution < -0.4 is 5.30 Å². The molecule has 0 fully saturated rings. The van der Waals surface area contributed by atoms with E-state index in [-0.39, 0.29) is 16.3 Å². The average Bonchev–Trinajstić information content (AvgIpc) is 2.67. The van der Waals surface area contributed by atoms with Crippen LogP contribution in [-0.2, 0) is 0 Å². The fourth-order valence-corrected chi connectivity index (χ4v) is 4.53. The van der Waals surface area contributed by atoms with Gasteiger partial charge in [0.1, 0.15) is 0 Å². The molecule has 0 heterocycles. The van der Waals surface area contributed by atoms with E-state index >= 15 is 0 Å². The summed E-state index contributed by atoms with van der Waals surface area (Å²) in [6, 6.07) is 29.9. The van der Waals surface area contributed by atoms with Gasteiger partial charge in [0.2, 0.25) is 0 Å². The normalized spacial score (nSPS) is 11.2. The Kier molecular flexibility index (Phi) is 7.67. The molecule has 0 spiro atoms. The van der Waals surface area contributed by atoms with Crippen LogP contribution in [0.15, 0.2) is 96.5 Å². The summed E-state index contributed by atoms with van der Waals surface area (Å²) in [6.45, 7) is 4.57. The smallest absolute Gasteiger partial charge is 0 e. The Morgan fingerprint density at radius 2 is 1.27 bits per heavy atom. The summed E-state index contributed by atoms with van der Waals surface area (Å²) >= 11 is 0. The van der Waals surface area contributed by atoms with Crippen LogP contribution in [0.5, 0.6) is 0 Å². The van der Waals surface area contributed by atoms with Crippen molar-refractivity contribution in [2.24, 2.45) is 0 Å². The van der Waals surface area contributed by atoms with E-state index in [4.69, 9.17) is 0 Å². The minimum absolute atomic E-state index is 0. The van der Waals surface area contributed by atoms with Crippen molar-refractivity contribution in [3.63, 3.8) is 0 Å². The van der Waals surface area contributed by atoms with Gasteiger partial charge in [-0.25, -0.2) is 0 Å². The van der Waals surface area contributed by atoms with Gasteiger partial charge in [-0.1, -0.05) is 98.8 Å². The molecule has 0 amide bonds. The van der Waals surface area contributed by atoms with Gasteiger partial charge in [0.25, 0.3) is 0 Å². The minimum Gasteiger partial charge on any atom is -0.119 e. The number of benzene rings is 3. The second kappa shape index (κ2) is 9.98. The molecule has 0 aliphatic heterocycles. The number of hydrogen-bond acceptors (Lipinski definition) is 0. The number of hydrogen-bond donors (Lipinski definition) is 0. The highest BCUT2D eigenvalue weighted by atomic mass is 31.1.